The van der Waals surface area contributed by atoms with Crippen LogP contribution < -0.4 is 15.8 Å². The van der Waals surface area contributed by atoms with E-state index in [1.165, 1.54) is 6.92 Å². The van der Waals surface area contributed by atoms with Crippen LogP contribution in [0.4, 0.5) is 17.8 Å². The van der Waals surface area contributed by atoms with E-state index in [0.717, 1.165) is 25.7 Å². The topological polar surface area (TPSA) is 142 Å². The van der Waals surface area contributed by atoms with Crippen molar-refractivity contribution in [3.05, 3.63) is 33.7 Å². The number of aliphatic hydroxyl groups is 1. The van der Waals surface area contributed by atoms with Crippen LogP contribution in [0.15, 0.2) is 21.5 Å². The molecule has 1 saturated carbocycles. The number of ketones is 1. The molecule has 0 radical (unpaired) electrons. The number of aryl methyl sites for hydroxylation is 1. The largest absolute Gasteiger partial charge is 0.422 e. The van der Waals surface area contributed by atoms with E-state index in [0.29, 0.717) is 52.7 Å². The predicted molar refractivity (Wildman–Crippen MR) is 126 cm³/mol. The van der Waals surface area contributed by atoms with E-state index in [-0.39, 0.29) is 35.0 Å². The second-order valence-electron chi connectivity index (χ2n) is 9.17. The number of aromatic nitrogens is 5. The Labute approximate surface area is 193 Å². The zero-order chi connectivity index (χ0) is 23.6. The molecule has 3 N–H and O–H groups in total. The molecule has 4 aromatic heterocycles. The summed E-state index contributed by atoms with van der Waals surface area (Å²) in [5.74, 6) is 1.11. The van der Waals surface area contributed by atoms with Gasteiger partial charge in [0.1, 0.15) is 11.2 Å². The number of fused-ring (bicyclic) bond motifs is 2. The van der Waals surface area contributed by atoms with E-state index >= 15 is 0 Å². The molecule has 2 aliphatic rings. The Balaban J connectivity index is 1.38. The highest BCUT2D eigenvalue weighted by Crippen LogP contribution is 2.32. The van der Waals surface area contributed by atoms with Crippen molar-refractivity contribution in [2.45, 2.75) is 51.7 Å². The number of pyridine rings is 1. The first-order chi connectivity index (χ1) is 16.4. The predicted octanol–water partition coefficient (Wildman–Crippen LogP) is 2.81. The molecule has 0 spiro atoms. The summed E-state index contributed by atoms with van der Waals surface area (Å²) < 4.78 is 7.48. The van der Waals surface area contributed by atoms with E-state index in [2.05, 4.69) is 25.3 Å². The van der Waals surface area contributed by atoms with Crippen molar-refractivity contribution < 1.29 is 14.3 Å². The molecule has 1 saturated heterocycles. The average Bonchev–Trinajstić information content (AvgIpc) is 3.48. The van der Waals surface area contributed by atoms with Crippen LogP contribution in [0.2, 0.25) is 0 Å². The van der Waals surface area contributed by atoms with Gasteiger partial charge in [0.25, 0.3) is 5.56 Å². The average molecular weight is 463 g/mol. The molecule has 11 heteroatoms. The van der Waals surface area contributed by atoms with Gasteiger partial charge in [0.05, 0.1) is 11.7 Å². The summed E-state index contributed by atoms with van der Waals surface area (Å²) in [6.07, 6.45) is 5.18. The zero-order valence-corrected chi connectivity index (χ0v) is 19.0. The summed E-state index contributed by atoms with van der Waals surface area (Å²) in [6.45, 7) is 4.28. The maximum atomic E-state index is 13.3. The van der Waals surface area contributed by atoms with Crippen LogP contribution >= 0.6 is 0 Å². The summed E-state index contributed by atoms with van der Waals surface area (Å²) in [5.41, 5.74) is 2.20. The van der Waals surface area contributed by atoms with Crippen molar-refractivity contribution in [1.29, 1.82) is 0 Å². The number of rotatable bonds is 5. The molecule has 0 atom stereocenters. The molecule has 11 nitrogen and oxygen atoms in total. The van der Waals surface area contributed by atoms with Crippen LogP contribution in [-0.4, -0.2) is 54.6 Å². The number of carbonyl (C=O) groups excluding carboxylic acids is 1. The van der Waals surface area contributed by atoms with Gasteiger partial charge in [0.2, 0.25) is 23.5 Å². The zero-order valence-electron chi connectivity index (χ0n) is 19.0. The van der Waals surface area contributed by atoms with Crippen molar-refractivity contribution in [2.75, 3.05) is 23.3 Å². The van der Waals surface area contributed by atoms with Crippen molar-refractivity contribution >= 4 is 45.8 Å². The maximum Gasteiger partial charge on any atom is 0.263 e. The molecule has 0 amide bonds. The number of hydrogen-bond donors (Lipinski definition) is 3. The molecular formula is C23H25N7O4. The molecule has 4 aromatic rings. The number of nitrogens with one attached hydrogen (secondary N) is 2. The van der Waals surface area contributed by atoms with Gasteiger partial charge in [-0.3, -0.25) is 24.5 Å². The minimum Gasteiger partial charge on any atom is -0.422 e. The fourth-order valence-electron chi connectivity index (χ4n) is 5.06. The van der Waals surface area contributed by atoms with Crippen molar-refractivity contribution in [3.63, 3.8) is 0 Å². The highest BCUT2D eigenvalue weighted by atomic mass is 16.4. The van der Waals surface area contributed by atoms with Gasteiger partial charge in [-0.15, -0.1) is 0 Å². The number of anilines is 3. The third-order valence-corrected chi connectivity index (χ3v) is 6.82. The Bertz CT molecular complexity index is 1460. The van der Waals surface area contributed by atoms with Crippen molar-refractivity contribution in [2.24, 2.45) is 0 Å². The number of Topliss-reactive ketones (excluding diaryl/α,β-unsaturated/α-hetero) is 1. The number of furan rings is 1. The summed E-state index contributed by atoms with van der Waals surface area (Å²) in [4.78, 5) is 44.2. The fourth-order valence-corrected chi connectivity index (χ4v) is 5.06. The molecule has 0 aromatic carbocycles. The van der Waals surface area contributed by atoms with Gasteiger partial charge in [-0.25, -0.2) is 9.97 Å². The summed E-state index contributed by atoms with van der Waals surface area (Å²) in [6, 6.07) is 1.83. The molecule has 5 heterocycles. The first-order valence-electron chi connectivity index (χ1n) is 11.5. The summed E-state index contributed by atoms with van der Waals surface area (Å²) in [7, 11) is 0. The van der Waals surface area contributed by atoms with E-state index in [9.17, 15) is 14.7 Å². The second kappa shape index (κ2) is 7.66. The van der Waals surface area contributed by atoms with Crippen LogP contribution in [0.25, 0.3) is 22.3 Å². The van der Waals surface area contributed by atoms with Gasteiger partial charge < -0.3 is 14.4 Å². The lowest BCUT2D eigenvalue weighted by molar-refractivity contribution is 0.101. The minimum absolute atomic E-state index is 0.0147. The number of β-amino-alcohol motifs (C(OH)–C–C–N with tert-alkyl or cyclic N) is 1. The maximum absolute atomic E-state index is 13.3. The van der Waals surface area contributed by atoms with Crippen LogP contribution in [-0.2, 0) is 0 Å². The normalized spacial score (nSPS) is 17.1. The van der Waals surface area contributed by atoms with Crippen LogP contribution in [0.3, 0.4) is 0 Å². The number of aromatic amines is 1. The molecule has 0 bridgehead atoms. The minimum atomic E-state index is -0.324. The molecule has 2 fully saturated rings. The summed E-state index contributed by atoms with van der Waals surface area (Å²) >= 11 is 0. The molecule has 1 aliphatic heterocycles. The van der Waals surface area contributed by atoms with Crippen LogP contribution in [0.1, 0.15) is 54.6 Å². The quantitative estimate of drug-likeness (QED) is 0.381. The lowest BCUT2D eigenvalue weighted by Gasteiger charge is -2.35. The Morgan fingerprint density at radius 2 is 2.03 bits per heavy atom. The van der Waals surface area contributed by atoms with Crippen molar-refractivity contribution in [1.82, 2.24) is 24.5 Å². The SMILES string of the molecule is CC(=O)c1c(C)c2cnc(Nc3nc4cc(N5CC(O)C5)oc4[nH]3)nc2n(C2CCCC2)c1=O. The van der Waals surface area contributed by atoms with Gasteiger partial charge in [0, 0.05) is 36.8 Å². The molecular weight excluding hydrogens is 438 g/mol. The lowest BCUT2D eigenvalue weighted by Crippen LogP contribution is -2.50. The second-order valence-corrected chi connectivity index (χ2v) is 9.17. The Hall–Kier alpha value is -3.73. The van der Waals surface area contributed by atoms with Gasteiger partial charge >= 0.3 is 0 Å². The molecule has 176 valence electrons. The van der Waals surface area contributed by atoms with Gasteiger partial charge in [-0.05, 0) is 32.3 Å². The lowest BCUT2D eigenvalue weighted by atomic mass is 10.0. The van der Waals surface area contributed by atoms with Crippen LogP contribution in [0.5, 0.6) is 0 Å². The first-order valence-corrected chi connectivity index (χ1v) is 11.5. The standard InChI is InChI=1S/C23H25N7O4/c1-11-15-8-24-22(26-19(15)30(13-5-3-4-6-13)21(33)18(11)12(2)31)28-23-25-16-7-17(34-20(16)27-23)29-9-14(32)10-29/h7-8,13-14,32H,3-6,9-10H2,1-2H3,(H2,24,25,26,27,28). The van der Waals surface area contributed by atoms with Gasteiger partial charge in [0.15, 0.2) is 5.78 Å². The molecule has 6 rings (SSSR count). The number of H-pyrrole nitrogens is 1. The van der Waals surface area contributed by atoms with Crippen molar-refractivity contribution in [3.8, 4) is 0 Å². The van der Waals surface area contributed by atoms with E-state index < -0.39 is 0 Å². The highest BCUT2D eigenvalue weighted by Gasteiger charge is 2.28. The summed E-state index contributed by atoms with van der Waals surface area (Å²) in [5, 5.41) is 13.2. The number of aliphatic hydroxyl groups excluding tert-OH is 1. The number of imidazole rings is 1. The Morgan fingerprint density at radius 1 is 1.26 bits per heavy atom. The van der Waals surface area contributed by atoms with Gasteiger partial charge in [-0.1, -0.05) is 12.8 Å². The third kappa shape index (κ3) is 3.26. The first kappa shape index (κ1) is 20.8. The Morgan fingerprint density at radius 3 is 2.71 bits per heavy atom. The van der Waals surface area contributed by atoms with E-state index in [1.54, 1.807) is 17.7 Å². The van der Waals surface area contributed by atoms with E-state index in [4.69, 9.17) is 4.42 Å². The Kier molecular flexibility index (Phi) is 4.70. The molecule has 34 heavy (non-hydrogen) atoms. The fraction of sp³-hybridized carbons (Fsp3) is 0.435. The van der Waals surface area contributed by atoms with Crippen LogP contribution in [0, 0.1) is 6.92 Å². The smallest absolute Gasteiger partial charge is 0.263 e. The number of carbonyl (C=O) groups is 1. The molecule has 0 unspecified atom stereocenters. The monoisotopic (exact) mass is 463 g/mol. The highest BCUT2D eigenvalue weighted by molar-refractivity contribution is 5.99. The number of hydrogen-bond acceptors (Lipinski definition) is 9. The third-order valence-electron chi connectivity index (χ3n) is 6.82. The molecule has 1 aliphatic carbocycles. The van der Waals surface area contributed by atoms with E-state index in [1.807, 2.05) is 11.0 Å². The number of nitrogens with zero attached hydrogens (tertiary/aromatic N) is 5. The van der Waals surface area contributed by atoms with Gasteiger partial charge in [-0.2, -0.15) is 4.98 Å².